The molecule has 1 aliphatic heterocycles. The molecule has 0 bridgehead atoms. The topological polar surface area (TPSA) is 98.9 Å². The van der Waals surface area contributed by atoms with Crippen LogP contribution < -0.4 is 10.0 Å². The number of nitrogens with zero attached hydrogens (tertiary/aromatic N) is 1. The second-order valence-electron chi connectivity index (χ2n) is 5.75. The highest BCUT2D eigenvalue weighted by molar-refractivity contribution is 7.89. The molecule has 0 spiro atoms. The van der Waals surface area contributed by atoms with Gasteiger partial charge < -0.3 is 14.4 Å². The molecule has 1 fully saturated rings. The maximum atomic E-state index is 12.0. The van der Waals surface area contributed by atoms with Gasteiger partial charge in [0.1, 0.15) is 0 Å². The number of ether oxygens (including phenoxy) is 2. The lowest BCUT2D eigenvalue weighted by molar-refractivity contribution is -0.0277. The van der Waals surface area contributed by atoms with Gasteiger partial charge in [-0.15, -0.1) is 0 Å². The number of benzene rings is 1. The Morgan fingerprint density at radius 2 is 2.09 bits per heavy atom. The number of hydrogen-bond acceptors (Lipinski definition) is 6. The van der Waals surface area contributed by atoms with Crippen molar-refractivity contribution in [2.75, 3.05) is 31.7 Å². The summed E-state index contributed by atoms with van der Waals surface area (Å²) in [6.07, 6.45) is 0. The summed E-state index contributed by atoms with van der Waals surface area (Å²) in [7, 11) is -2.64. The van der Waals surface area contributed by atoms with E-state index in [9.17, 15) is 13.2 Å². The van der Waals surface area contributed by atoms with Crippen LogP contribution in [0.25, 0.3) is 0 Å². The monoisotopic (exact) mass is 328 g/mol. The molecule has 22 heavy (non-hydrogen) atoms. The average Bonchev–Trinajstić information content (AvgIpc) is 2.43. The van der Waals surface area contributed by atoms with Crippen molar-refractivity contribution in [1.82, 2.24) is 0 Å². The number of carbonyl (C=O) groups is 1. The predicted octanol–water partition coefficient (Wildman–Crippen LogP) is 0.736. The van der Waals surface area contributed by atoms with E-state index in [0.717, 1.165) is 0 Å². The van der Waals surface area contributed by atoms with Crippen LogP contribution in [0.2, 0.25) is 0 Å². The summed E-state index contributed by atoms with van der Waals surface area (Å²) in [6.45, 7) is 5.60. The fourth-order valence-corrected chi connectivity index (χ4v) is 3.00. The van der Waals surface area contributed by atoms with Gasteiger partial charge in [0.15, 0.2) is 0 Å². The highest BCUT2D eigenvalue weighted by Gasteiger charge is 2.30. The Labute approximate surface area is 130 Å². The fourth-order valence-electron chi connectivity index (χ4n) is 2.46. The molecule has 1 aromatic carbocycles. The van der Waals surface area contributed by atoms with E-state index in [-0.39, 0.29) is 16.1 Å². The van der Waals surface area contributed by atoms with Crippen LogP contribution in [0.5, 0.6) is 0 Å². The summed E-state index contributed by atoms with van der Waals surface area (Å²) >= 11 is 0. The molecule has 0 aromatic heterocycles. The molecule has 7 nitrogen and oxygen atoms in total. The molecule has 1 aromatic rings. The van der Waals surface area contributed by atoms with Crippen molar-refractivity contribution in [3.05, 3.63) is 23.8 Å². The van der Waals surface area contributed by atoms with Crippen molar-refractivity contribution >= 4 is 21.7 Å². The SMILES string of the molecule is COC(=O)c1cc(S(N)(=O)=O)ccc1N1CCOC(C)(C)C1. The summed E-state index contributed by atoms with van der Waals surface area (Å²) in [4.78, 5) is 13.9. The maximum Gasteiger partial charge on any atom is 0.340 e. The number of primary sulfonamides is 1. The number of hydrogen-bond donors (Lipinski definition) is 1. The number of carbonyl (C=O) groups excluding carboxylic acids is 1. The molecular formula is C14H20N2O5S. The third-order valence-corrected chi connectivity index (χ3v) is 4.38. The Hall–Kier alpha value is -1.64. The summed E-state index contributed by atoms with van der Waals surface area (Å²) in [5.74, 6) is -0.607. The van der Waals surface area contributed by atoms with Crippen molar-refractivity contribution in [2.45, 2.75) is 24.3 Å². The molecule has 1 saturated heterocycles. The number of rotatable bonds is 3. The molecule has 1 aliphatic rings. The van der Waals surface area contributed by atoms with Gasteiger partial charge >= 0.3 is 5.97 Å². The third kappa shape index (κ3) is 3.57. The standard InChI is InChI=1S/C14H20N2O5S/c1-14(2)9-16(6-7-21-14)12-5-4-10(22(15,18)19)8-11(12)13(17)20-3/h4-5,8H,6-7,9H2,1-3H3,(H2,15,18,19). The zero-order chi connectivity index (χ0) is 16.5. The molecule has 0 aliphatic carbocycles. The Morgan fingerprint density at radius 3 is 2.64 bits per heavy atom. The Bertz CT molecular complexity index is 684. The first-order chi connectivity index (χ1) is 10.1. The molecular weight excluding hydrogens is 308 g/mol. The maximum absolute atomic E-state index is 12.0. The minimum Gasteiger partial charge on any atom is -0.465 e. The van der Waals surface area contributed by atoms with Gasteiger partial charge in [-0.2, -0.15) is 0 Å². The van der Waals surface area contributed by atoms with Crippen molar-refractivity contribution in [3.63, 3.8) is 0 Å². The second kappa shape index (κ2) is 5.86. The molecule has 2 rings (SSSR count). The van der Waals surface area contributed by atoms with Crippen molar-refractivity contribution in [1.29, 1.82) is 0 Å². The Kier molecular flexibility index (Phi) is 4.46. The van der Waals surface area contributed by atoms with E-state index in [1.165, 1.54) is 19.2 Å². The highest BCUT2D eigenvalue weighted by Crippen LogP contribution is 2.28. The number of morpholine rings is 1. The minimum absolute atomic E-state index is 0.121. The summed E-state index contributed by atoms with van der Waals surface area (Å²) in [5.41, 5.74) is 0.423. The molecule has 0 amide bonds. The van der Waals surface area contributed by atoms with E-state index in [1.807, 2.05) is 18.7 Å². The van der Waals surface area contributed by atoms with Crippen molar-refractivity contribution in [3.8, 4) is 0 Å². The lowest BCUT2D eigenvalue weighted by Gasteiger charge is -2.40. The normalized spacial score (nSPS) is 18.1. The first kappa shape index (κ1) is 16.7. The van der Waals surface area contributed by atoms with Crippen LogP contribution in [0.4, 0.5) is 5.69 Å². The fraction of sp³-hybridized carbons (Fsp3) is 0.500. The largest absolute Gasteiger partial charge is 0.465 e. The number of sulfonamides is 1. The third-order valence-electron chi connectivity index (χ3n) is 3.47. The number of esters is 1. The van der Waals surface area contributed by atoms with E-state index < -0.39 is 16.0 Å². The predicted molar refractivity (Wildman–Crippen MR) is 81.4 cm³/mol. The summed E-state index contributed by atoms with van der Waals surface area (Å²) in [5, 5.41) is 5.13. The molecule has 1 heterocycles. The molecule has 8 heteroatoms. The second-order valence-corrected chi connectivity index (χ2v) is 7.31. The Morgan fingerprint density at radius 1 is 1.41 bits per heavy atom. The van der Waals surface area contributed by atoms with E-state index >= 15 is 0 Å². The average molecular weight is 328 g/mol. The molecule has 122 valence electrons. The van der Waals surface area contributed by atoms with Crippen LogP contribution in [0.1, 0.15) is 24.2 Å². The first-order valence-electron chi connectivity index (χ1n) is 6.78. The molecule has 0 unspecified atom stereocenters. The number of nitrogens with two attached hydrogens (primary N) is 1. The van der Waals surface area contributed by atoms with Gasteiger partial charge in [-0.1, -0.05) is 0 Å². The zero-order valence-electron chi connectivity index (χ0n) is 12.8. The van der Waals surface area contributed by atoms with E-state index in [0.29, 0.717) is 25.4 Å². The van der Waals surface area contributed by atoms with Crippen LogP contribution in [-0.4, -0.2) is 46.8 Å². The van der Waals surface area contributed by atoms with Gasteiger partial charge in [-0.05, 0) is 32.0 Å². The molecule has 0 radical (unpaired) electrons. The summed E-state index contributed by atoms with van der Waals surface area (Å²) in [6, 6.07) is 4.21. The van der Waals surface area contributed by atoms with E-state index in [4.69, 9.17) is 14.6 Å². The van der Waals surface area contributed by atoms with E-state index in [1.54, 1.807) is 6.07 Å². The zero-order valence-corrected chi connectivity index (χ0v) is 13.6. The smallest absolute Gasteiger partial charge is 0.340 e. The first-order valence-corrected chi connectivity index (χ1v) is 8.33. The van der Waals surface area contributed by atoms with Crippen LogP contribution in [0.15, 0.2) is 23.1 Å². The van der Waals surface area contributed by atoms with Crippen LogP contribution >= 0.6 is 0 Å². The van der Waals surface area contributed by atoms with Gasteiger partial charge in [-0.25, -0.2) is 18.4 Å². The lowest BCUT2D eigenvalue weighted by atomic mass is 10.0. The quantitative estimate of drug-likeness (QED) is 0.822. The highest BCUT2D eigenvalue weighted by atomic mass is 32.2. The van der Waals surface area contributed by atoms with E-state index in [2.05, 4.69) is 0 Å². The van der Waals surface area contributed by atoms with Gasteiger partial charge in [0, 0.05) is 13.1 Å². The van der Waals surface area contributed by atoms with Crippen LogP contribution in [0.3, 0.4) is 0 Å². The van der Waals surface area contributed by atoms with Crippen LogP contribution in [0, 0.1) is 0 Å². The molecule has 0 atom stereocenters. The van der Waals surface area contributed by atoms with Crippen molar-refractivity contribution < 1.29 is 22.7 Å². The van der Waals surface area contributed by atoms with Gasteiger partial charge in [0.25, 0.3) is 0 Å². The number of anilines is 1. The molecule has 0 saturated carbocycles. The van der Waals surface area contributed by atoms with Gasteiger partial charge in [0.05, 0.1) is 35.5 Å². The van der Waals surface area contributed by atoms with Gasteiger partial charge in [0.2, 0.25) is 10.0 Å². The van der Waals surface area contributed by atoms with Crippen molar-refractivity contribution in [2.24, 2.45) is 5.14 Å². The molecule has 2 N–H and O–H groups in total. The van der Waals surface area contributed by atoms with Crippen LogP contribution in [-0.2, 0) is 19.5 Å². The minimum atomic E-state index is -3.89. The Balaban J connectivity index is 2.49. The summed E-state index contributed by atoms with van der Waals surface area (Å²) < 4.78 is 33.4. The lowest BCUT2D eigenvalue weighted by Crippen LogP contribution is -2.48. The number of methoxy groups -OCH3 is 1. The van der Waals surface area contributed by atoms with Gasteiger partial charge in [-0.3, -0.25) is 0 Å².